The minimum Gasteiger partial charge on any atom is -0.298 e. The second-order valence-electron chi connectivity index (χ2n) is 1.06. The summed E-state index contributed by atoms with van der Waals surface area (Å²) in [7, 11) is 0. The molecule has 0 saturated heterocycles. The Morgan fingerprint density at radius 3 is 2.88 bits per heavy atom. The van der Waals surface area contributed by atoms with Crippen LogP contribution in [0.5, 0.6) is 0 Å². The Morgan fingerprint density at radius 2 is 2.62 bits per heavy atom. The summed E-state index contributed by atoms with van der Waals surface area (Å²) in [4.78, 5) is 10.0. The van der Waals surface area contributed by atoms with Gasteiger partial charge in [0.25, 0.3) is 0 Å². The van der Waals surface area contributed by atoms with Crippen molar-refractivity contribution in [3.8, 4) is 0 Å². The largest absolute Gasteiger partial charge is 0.324 e. The molecule has 1 heterocycles. The fourth-order valence-electron chi connectivity index (χ4n) is 0.292. The number of hydrogen-bond acceptors (Lipinski definition) is 5. The van der Waals surface area contributed by atoms with Crippen LogP contribution < -0.4 is 16.1 Å². The molecule has 44 valence electrons. The summed E-state index contributed by atoms with van der Waals surface area (Å²) < 4.78 is 0. The van der Waals surface area contributed by atoms with Crippen molar-refractivity contribution in [2.45, 2.75) is 0 Å². The van der Waals surface area contributed by atoms with Crippen molar-refractivity contribution in [2.75, 3.05) is 5.43 Å². The molecule has 0 aliphatic carbocycles. The number of rotatable bonds is 1. The van der Waals surface area contributed by atoms with Gasteiger partial charge in [0.05, 0.1) is 0 Å². The maximum absolute atomic E-state index is 10.3. The van der Waals surface area contributed by atoms with Crippen LogP contribution in [-0.4, -0.2) is 10.2 Å². The SMILES string of the molecule is NNc1n[nH]c(=O)s1. The molecule has 1 rings (SSSR count). The first-order chi connectivity index (χ1) is 3.83. The van der Waals surface area contributed by atoms with E-state index in [1.807, 2.05) is 0 Å². The van der Waals surface area contributed by atoms with Gasteiger partial charge in [0, 0.05) is 0 Å². The molecule has 1 aromatic heterocycles. The summed E-state index contributed by atoms with van der Waals surface area (Å²) in [5.41, 5.74) is 2.22. The number of aromatic nitrogens is 2. The van der Waals surface area contributed by atoms with E-state index < -0.39 is 0 Å². The van der Waals surface area contributed by atoms with Gasteiger partial charge in [-0.25, -0.2) is 10.9 Å². The van der Waals surface area contributed by atoms with Crippen LogP contribution in [0, 0.1) is 0 Å². The average molecular weight is 132 g/mol. The summed E-state index contributed by atoms with van der Waals surface area (Å²) >= 11 is 0.929. The summed E-state index contributed by atoms with van der Waals surface area (Å²) in [6, 6.07) is 0. The van der Waals surface area contributed by atoms with Gasteiger partial charge in [-0.05, 0) is 11.3 Å². The molecule has 5 nitrogen and oxygen atoms in total. The van der Waals surface area contributed by atoms with Crippen LogP contribution in [0.1, 0.15) is 0 Å². The molecule has 0 unspecified atom stereocenters. The minimum absolute atomic E-state index is 0.210. The topological polar surface area (TPSA) is 83.8 Å². The molecule has 0 amide bonds. The van der Waals surface area contributed by atoms with Crippen molar-refractivity contribution in [1.82, 2.24) is 10.2 Å². The van der Waals surface area contributed by atoms with Gasteiger partial charge in [0.2, 0.25) is 5.13 Å². The molecule has 0 aliphatic heterocycles. The first-order valence-electron chi connectivity index (χ1n) is 1.85. The van der Waals surface area contributed by atoms with E-state index in [0.717, 1.165) is 11.3 Å². The zero-order chi connectivity index (χ0) is 5.98. The molecule has 0 spiro atoms. The van der Waals surface area contributed by atoms with Crippen LogP contribution in [-0.2, 0) is 0 Å². The van der Waals surface area contributed by atoms with Gasteiger partial charge in [-0.3, -0.25) is 10.2 Å². The summed E-state index contributed by atoms with van der Waals surface area (Å²) in [5.74, 6) is 4.90. The maximum Gasteiger partial charge on any atom is 0.324 e. The number of nitrogens with two attached hydrogens (primary N) is 1. The summed E-state index contributed by atoms with van der Waals surface area (Å²) in [5, 5.41) is 6.07. The lowest BCUT2D eigenvalue weighted by molar-refractivity contribution is 1.05. The number of nitrogens with one attached hydrogen (secondary N) is 2. The highest BCUT2D eigenvalue weighted by atomic mass is 32.1. The van der Waals surface area contributed by atoms with Crippen molar-refractivity contribution in [3.05, 3.63) is 9.67 Å². The Labute approximate surface area is 48.5 Å². The lowest BCUT2D eigenvalue weighted by Crippen LogP contribution is -2.05. The first-order valence-corrected chi connectivity index (χ1v) is 2.66. The normalized spacial score (nSPS) is 9.12. The second-order valence-corrected chi connectivity index (χ2v) is 2.02. The van der Waals surface area contributed by atoms with Crippen LogP contribution in [0.3, 0.4) is 0 Å². The lowest BCUT2D eigenvalue weighted by Gasteiger charge is -1.82. The third-order valence-corrected chi connectivity index (χ3v) is 1.24. The summed E-state index contributed by atoms with van der Waals surface area (Å²) in [6.45, 7) is 0. The van der Waals surface area contributed by atoms with E-state index in [1.165, 1.54) is 0 Å². The highest BCUT2D eigenvalue weighted by molar-refractivity contribution is 7.12. The van der Waals surface area contributed by atoms with E-state index in [0.29, 0.717) is 5.13 Å². The van der Waals surface area contributed by atoms with Gasteiger partial charge in [0.1, 0.15) is 0 Å². The Balaban J connectivity index is 3.01. The van der Waals surface area contributed by atoms with Gasteiger partial charge in [-0.15, -0.1) is 5.10 Å². The van der Waals surface area contributed by atoms with Crippen LogP contribution >= 0.6 is 11.3 Å². The van der Waals surface area contributed by atoms with Gasteiger partial charge < -0.3 is 0 Å². The number of H-pyrrole nitrogens is 1. The molecular weight excluding hydrogens is 128 g/mol. The molecule has 6 heteroatoms. The van der Waals surface area contributed by atoms with Crippen molar-refractivity contribution in [3.63, 3.8) is 0 Å². The highest BCUT2D eigenvalue weighted by Gasteiger charge is 1.91. The van der Waals surface area contributed by atoms with Crippen molar-refractivity contribution in [2.24, 2.45) is 5.84 Å². The quantitative estimate of drug-likeness (QED) is 0.342. The van der Waals surface area contributed by atoms with E-state index >= 15 is 0 Å². The van der Waals surface area contributed by atoms with Gasteiger partial charge in [0.15, 0.2) is 0 Å². The monoisotopic (exact) mass is 132 g/mol. The van der Waals surface area contributed by atoms with Crippen LogP contribution in [0.4, 0.5) is 5.13 Å². The highest BCUT2D eigenvalue weighted by Crippen LogP contribution is 1.98. The number of hydrazine groups is 1. The predicted molar refractivity (Wildman–Crippen MR) is 30.5 cm³/mol. The number of aromatic amines is 1. The molecule has 0 saturated carbocycles. The zero-order valence-electron chi connectivity index (χ0n) is 3.84. The van der Waals surface area contributed by atoms with Crippen molar-refractivity contribution in [1.29, 1.82) is 0 Å². The minimum atomic E-state index is -0.210. The van der Waals surface area contributed by atoms with Crippen LogP contribution in [0.15, 0.2) is 4.79 Å². The Hall–Kier alpha value is -0.880. The van der Waals surface area contributed by atoms with E-state index in [9.17, 15) is 4.79 Å². The van der Waals surface area contributed by atoms with E-state index in [2.05, 4.69) is 15.6 Å². The lowest BCUT2D eigenvalue weighted by atomic mass is 11.3. The zero-order valence-corrected chi connectivity index (χ0v) is 4.66. The van der Waals surface area contributed by atoms with Gasteiger partial charge in [-0.2, -0.15) is 0 Å². The molecule has 8 heavy (non-hydrogen) atoms. The molecule has 1 aromatic rings. The molecule has 0 bridgehead atoms. The first kappa shape index (κ1) is 5.26. The average Bonchev–Trinajstić information content (AvgIpc) is 2.14. The van der Waals surface area contributed by atoms with Crippen molar-refractivity contribution < 1.29 is 0 Å². The maximum atomic E-state index is 10.3. The third-order valence-electron chi connectivity index (χ3n) is 0.562. The van der Waals surface area contributed by atoms with Crippen LogP contribution in [0.2, 0.25) is 0 Å². The molecule has 4 N–H and O–H groups in total. The molecule has 0 aromatic carbocycles. The fraction of sp³-hybridized carbons (Fsp3) is 0. The number of nitrogen functional groups attached to an aromatic ring is 1. The van der Waals surface area contributed by atoms with E-state index in [4.69, 9.17) is 5.84 Å². The van der Waals surface area contributed by atoms with E-state index in [-0.39, 0.29) is 4.87 Å². The second kappa shape index (κ2) is 1.93. The fourth-order valence-corrected chi connectivity index (χ4v) is 0.709. The molecule has 0 fully saturated rings. The molecule has 0 radical (unpaired) electrons. The van der Waals surface area contributed by atoms with Crippen LogP contribution in [0.25, 0.3) is 0 Å². The van der Waals surface area contributed by atoms with E-state index in [1.54, 1.807) is 0 Å². The molecular formula is C2H4N4OS. The Kier molecular flexibility index (Phi) is 1.27. The smallest absolute Gasteiger partial charge is 0.298 e. The summed E-state index contributed by atoms with van der Waals surface area (Å²) in [6.07, 6.45) is 0. The number of hydrogen-bond donors (Lipinski definition) is 3. The van der Waals surface area contributed by atoms with Crippen molar-refractivity contribution >= 4 is 16.5 Å². The standard InChI is InChI=1S/C2H4N4OS/c3-4-1-5-6-2(7)8-1/h3H2,(H,4,5)(H,6,7). The van der Waals surface area contributed by atoms with Gasteiger partial charge >= 0.3 is 4.87 Å². The molecule has 0 aliphatic rings. The molecule has 0 atom stereocenters. The number of anilines is 1. The number of nitrogens with zero attached hydrogens (tertiary/aromatic N) is 1. The Morgan fingerprint density at radius 1 is 1.88 bits per heavy atom. The third kappa shape index (κ3) is 0.849. The predicted octanol–water partition coefficient (Wildman–Crippen LogP) is -0.883. The van der Waals surface area contributed by atoms with Gasteiger partial charge in [-0.1, -0.05) is 0 Å². The Bertz CT molecular complexity index is 214.